The molecule has 0 spiro atoms. The molecule has 31 heavy (non-hydrogen) atoms. The number of rotatable bonds is 0. The summed E-state index contributed by atoms with van der Waals surface area (Å²) in [5.74, 6) is 2.08. The number of carbonyl (C=O) groups is 1. The molecule has 2 aliphatic heterocycles. The van der Waals surface area contributed by atoms with Gasteiger partial charge in [-0.05, 0) is 63.3 Å². The standard InChI is InChI=1S/C24H33N5OS/c1-23(2,3)18-12-11-17-21(26-18)29-15-16(14-24(29,4)5)8-7-13-25-19-9-6-10-20(27-19)31-28-22(17)30/h6,9-12,16H,7-8,13-15H2,1-5H3,(H,25,27)(H,28,30)/t16-/m0/s1. The van der Waals surface area contributed by atoms with E-state index >= 15 is 0 Å². The first kappa shape index (κ1) is 21.9. The minimum absolute atomic E-state index is 0.0489. The van der Waals surface area contributed by atoms with Crippen molar-refractivity contribution in [3.05, 3.63) is 41.6 Å². The Bertz CT molecular complexity index is 969. The zero-order valence-electron chi connectivity index (χ0n) is 19.2. The first-order valence-corrected chi connectivity index (χ1v) is 11.9. The first-order valence-electron chi connectivity index (χ1n) is 11.1. The van der Waals surface area contributed by atoms with Crippen LogP contribution >= 0.6 is 11.9 Å². The lowest BCUT2D eigenvalue weighted by molar-refractivity contribution is 0.0984. The maximum Gasteiger partial charge on any atom is 0.265 e. The second-order valence-corrected chi connectivity index (χ2v) is 11.1. The predicted molar refractivity (Wildman–Crippen MR) is 128 cm³/mol. The number of hydrogen-bond donors (Lipinski definition) is 2. The van der Waals surface area contributed by atoms with E-state index in [4.69, 9.17) is 4.98 Å². The molecule has 6 nitrogen and oxygen atoms in total. The van der Waals surface area contributed by atoms with E-state index in [-0.39, 0.29) is 16.9 Å². The van der Waals surface area contributed by atoms with Crippen molar-refractivity contribution in [2.24, 2.45) is 5.92 Å². The van der Waals surface area contributed by atoms with Crippen LogP contribution < -0.4 is 14.9 Å². The smallest absolute Gasteiger partial charge is 0.265 e. The lowest BCUT2D eigenvalue weighted by Crippen LogP contribution is -2.40. The van der Waals surface area contributed by atoms with Gasteiger partial charge in [0.1, 0.15) is 16.7 Å². The molecule has 1 amide bonds. The van der Waals surface area contributed by atoms with Crippen molar-refractivity contribution in [1.29, 1.82) is 0 Å². The van der Waals surface area contributed by atoms with E-state index in [1.165, 1.54) is 11.9 Å². The summed E-state index contributed by atoms with van der Waals surface area (Å²) in [6, 6.07) is 9.76. The highest BCUT2D eigenvalue weighted by Gasteiger charge is 2.40. The van der Waals surface area contributed by atoms with Gasteiger partial charge in [0, 0.05) is 41.7 Å². The average molecular weight is 440 g/mol. The fourth-order valence-electron chi connectivity index (χ4n) is 4.53. The minimum atomic E-state index is -0.137. The van der Waals surface area contributed by atoms with Gasteiger partial charge in [-0.15, -0.1) is 0 Å². The quantitative estimate of drug-likeness (QED) is 0.562. The zero-order chi connectivity index (χ0) is 22.2. The molecule has 2 aromatic heterocycles. The van der Waals surface area contributed by atoms with Gasteiger partial charge in [-0.3, -0.25) is 9.52 Å². The molecule has 0 aliphatic carbocycles. The Morgan fingerprint density at radius 2 is 1.97 bits per heavy atom. The van der Waals surface area contributed by atoms with Gasteiger partial charge >= 0.3 is 0 Å². The van der Waals surface area contributed by atoms with Gasteiger partial charge in [-0.2, -0.15) is 0 Å². The van der Waals surface area contributed by atoms with Crippen LogP contribution in [0, 0.1) is 5.92 Å². The number of anilines is 2. The Labute approximate surface area is 189 Å². The molecule has 7 heteroatoms. The normalized spacial score (nSPS) is 21.4. The summed E-state index contributed by atoms with van der Waals surface area (Å²) in [6.45, 7) is 12.8. The zero-order valence-corrected chi connectivity index (χ0v) is 20.0. The van der Waals surface area contributed by atoms with E-state index in [0.29, 0.717) is 11.5 Å². The van der Waals surface area contributed by atoms with Gasteiger partial charge in [0.2, 0.25) is 0 Å². The van der Waals surface area contributed by atoms with Crippen LogP contribution in [0.25, 0.3) is 0 Å². The van der Waals surface area contributed by atoms with E-state index in [1.807, 2.05) is 30.3 Å². The van der Waals surface area contributed by atoms with E-state index in [0.717, 1.165) is 54.7 Å². The van der Waals surface area contributed by atoms with Crippen molar-refractivity contribution in [3.63, 3.8) is 0 Å². The van der Waals surface area contributed by atoms with Crippen LogP contribution in [0.5, 0.6) is 0 Å². The highest BCUT2D eigenvalue weighted by Crippen LogP contribution is 2.40. The molecule has 2 aliphatic rings. The molecule has 4 heterocycles. The van der Waals surface area contributed by atoms with Crippen LogP contribution in [-0.2, 0) is 5.41 Å². The highest BCUT2D eigenvalue weighted by molar-refractivity contribution is 7.97. The second kappa shape index (κ2) is 8.34. The van der Waals surface area contributed by atoms with Gasteiger partial charge in [0.25, 0.3) is 5.91 Å². The van der Waals surface area contributed by atoms with Crippen molar-refractivity contribution in [2.45, 2.75) is 69.9 Å². The van der Waals surface area contributed by atoms with Crippen LogP contribution in [0.2, 0.25) is 0 Å². The number of pyridine rings is 2. The first-order chi connectivity index (χ1) is 14.6. The third kappa shape index (κ3) is 4.81. The Morgan fingerprint density at radius 1 is 1.16 bits per heavy atom. The summed E-state index contributed by atoms with van der Waals surface area (Å²) in [5, 5.41) is 4.18. The number of hydrogen-bond acceptors (Lipinski definition) is 6. The topological polar surface area (TPSA) is 70.2 Å². The molecule has 1 saturated heterocycles. The summed E-state index contributed by atoms with van der Waals surface area (Å²) >= 11 is 1.25. The molecule has 4 bridgehead atoms. The van der Waals surface area contributed by atoms with Crippen molar-refractivity contribution in [1.82, 2.24) is 14.7 Å². The summed E-state index contributed by atoms with van der Waals surface area (Å²) in [4.78, 5) is 25.3. The van der Waals surface area contributed by atoms with Gasteiger partial charge in [0.15, 0.2) is 0 Å². The number of carbonyl (C=O) groups excluding carboxylic acids is 1. The Morgan fingerprint density at radius 3 is 2.74 bits per heavy atom. The number of aromatic nitrogens is 2. The van der Waals surface area contributed by atoms with E-state index in [2.05, 4.69) is 54.5 Å². The minimum Gasteiger partial charge on any atom is -0.370 e. The fraction of sp³-hybridized carbons (Fsp3) is 0.542. The van der Waals surface area contributed by atoms with Crippen LogP contribution in [0.1, 0.15) is 69.9 Å². The lowest BCUT2D eigenvalue weighted by atomic mass is 9.91. The van der Waals surface area contributed by atoms with Gasteiger partial charge in [-0.1, -0.05) is 26.8 Å². The molecule has 166 valence electrons. The predicted octanol–water partition coefficient (Wildman–Crippen LogP) is 5.02. The number of nitrogens with one attached hydrogen (secondary N) is 2. The van der Waals surface area contributed by atoms with Gasteiger partial charge in [0.05, 0.1) is 5.56 Å². The summed E-state index contributed by atoms with van der Waals surface area (Å²) in [5.41, 5.74) is 1.49. The number of amides is 1. The molecule has 0 unspecified atom stereocenters. The Hall–Kier alpha value is -2.28. The number of fused-ring (bicyclic) bond motifs is 6. The van der Waals surface area contributed by atoms with E-state index < -0.39 is 0 Å². The monoisotopic (exact) mass is 439 g/mol. The van der Waals surface area contributed by atoms with Crippen molar-refractivity contribution in [3.8, 4) is 0 Å². The van der Waals surface area contributed by atoms with Crippen LogP contribution in [0.4, 0.5) is 11.6 Å². The summed E-state index contributed by atoms with van der Waals surface area (Å²) < 4.78 is 2.98. The summed E-state index contributed by atoms with van der Waals surface area (Å²) in [6.07, 6.45) is 3.33. The average Bonchev–Trinajstić information content (AvgIpc) is 3.02. The van der Waals surface area contributed by atoms with Gasteiger partial charge in [-0.25, -0.2) is 9.97 Å². The van der Waals surface area contributed by atoms with Crippen LogP contribution in [0.15, 0.2) is 35.4 Å². The molecule has 2 N–H and O–H groups in total. The Balaban J connectivity index is 1.75. The molecule has 2 aromatic rings. The maximum atomic E-state index is 13.2. The van der Waals surface area contributed by atoms with Crippen molar-refractivity contribution >= 4 is 29.5 Å². The largest absolute Gasteiger partial charge is 0.370 e. The molecule has 1 atom stereocenters. The van der Waals surface area contributed by atoms with Gasteiger partial charge < -0.3 is 10.2 Å². The fourth-order valence-corrected chi connectivity index (χ4v) is 5.13. The third-order valence-electron chi connectivity index (χ3n) is 6.17. The highest BCUT2D eigenvalue weighted by atomic mass is 32.2. The van der Waals surface area contributed by atoms with E-state index in [1.54, 1.807) is 0 Å². The maximum absolute atomic E-state index is 13.2. The summed E-state index contributed by atoms with van der Waals surface area (Å²) in [7, 11) is 0. The van der Waals surface area contributed by atoms with E-state index in [9.17, 15) is 4.79 Å². The molecule has 0 aromatic carbocycles. The molecule has 4 rings (SSSR count). The SMILES string of the molecule is CC(C)(C)c1ccc2c(n1)N1C[C@@H](CCCNc3cccc(n3)SNC2=O)CC1(C)C. The lowest BCUT2D eigenvalue weighted by Gasteiger charge is -2.34. The number of nitrogens with zero attached hydrogens (tertiary/aromatic N) is 3. The molecule has 0 radical (unpaired) electrons. The molecule has 0 saturated carbocycles. The molecular formula is C24H33N5OS. The van der Waals surface area contributed by atoms with Crippen LogP contribution in [0.3, 0.4) is 0 Å². The Kier molecular flexibility index (Phi) is 5.90. The third-order valence-corrected chi connectivity index (χ3v) is 6.89. The second-order valence-electron chi connectivity index (χ2n) is 10.3. The molecule has 1 fully saturated rings. The van der Waals surface area contributed by atoms with Crippen molar-refractivity contribution in [2.75, 3.05) is 23.3 Å². The van der Waals surface area contributed by atoms with Crippen LogP contribution in [-0.4, -0.2) is 34.5 Å². The van der Waals surface area contributed by atoms with Crippen molar-refractivity contribution < 1.29 is 4.79 Å². The molecular weight excluding hydrogens is 406 g/mol.